The van der Waals surface area contributed by atoms with Crippen molar-refractivity contribution < 1.29 is 18.8 Å². The van der Waals surface area contributed by atoms with Crippen molar-refractivity contribution in [2.45, 2.75) is 38.9 Å². The van der Waals surface area contributed by atoms with Crippen LogP contribution in [0.4, 0.5) is 4.39 Å². The first-order valence-corrected chi connectivity index (χ1v) is 6.55. The normalized spacial score (nSPS) is 21.3. The number of hydrogen-bond donors (Lipinski definition) is 1. The fourth-order valence-corrected chi connectivity index (χ4v) is 1.88. The van der Waals surface area contributed by atoms with E-state index in [1.165, 1.54) is 6.07 Å². The van der Waals surface area contributed by atoms with Crippen LogP contribution < -0.4 is 0 Å². The maximum atomic E-state index is 13.1. The molecule has 108 valence electrons. The summed E-state index contributed by atoms with van der Waals surface area (Å²) in [5, 5.41) is 9.51. The Kier molecular flexibility index (Phi) is 4.00. The van der Waals surface area contributed by atoms with Gasteiger partial charge in [-0.15, -0.1) is 0 Å². The van der Waals surface area contributed by atoms with Crippen LogP contribution in [0.3, 0.4) is 0 Å². The third-order valence-corrected chi connectivity index (χ3v) is 3.81. The van der Waals surface area contributed by atoms with E-state index < -0.39 is 24.3 Å². The first-order chi connectivity index (χ1) is 9.25. The second-order valence-corrected chi connectivity index (χ2v) is 5.85. The summed E-state index contributed by atoms with van der Waals surface area (Å²) < 4.78 is 24.8. The van der Waals surface area contributed by atoms with Crippen molar-refractivity contribution in [3.05, 3.63) is 35.3 Å². The van der Waals surface area contributed by atoms with E-state index in [1.807, 2.05) is 27.7 Å². The summed E-state index contributed by atoms with van der Waals surface area (Å²) in [7, 11) is -0.657. The molecule has 0 aliphatic carbocycles. The van der Waals surface area contributed by atoms with Crippen LogP contribution >= 0.6 is 0 Å². The maximum Gasteiger partial charge on any atom is 0.492 e. The Morgan fingerprint density at radius 3 is 2.40 bits per heavy atom. The number of nitrogens with zero attached hydrogens (tertiary/aromatic N) is 1. The van der Waals surface area contributed by atoms with Gasteiger partial charge in [0.15, 0.2) is 0 Å². The molecular formula is C14H19BFNO3. The molecule has 1 N–H and O–H groups in total. The topological polar surface area (TPSA) is 51.6 Å². The van der Waals surface area contributed by atoms with E-state index >= 15 is 0 Å². The van der Waals surface area contributed by atoms with E-state index in [4.69, 9.17) is 9.31 Å². The summed E-state index contributed by atoms with van der Waals surface area (Å²) in [6, 6.07) is 4.49. The minimum absolute atomic E-state index is 0.241. The van der Waals surface area contributed by atoms with Crippen molar-refractivity contribution in [2.75, 3.05) is 6.61 Å². The minimum Gasteiger partial charge on any atom is -0.400 e. The first-order valence-electron chi connectivity index (χ1n) is 6.55. The third kappa shape index (κ3) is 2.92. The van der Waals surface area contributed by atoms with Crippen LogP contribution in [0.1, 0.15) is 33.4 Å². The highest BCUT2D eigenvalue weighted by atomic mass is 19.1. The number of hydrogen-bond acceptors (Lipinski definition) is 4. The average Bonchev–Trinajstić information content (AvgIpc) is 2.55. The highest BCUT2D eigenvalue weighted by Gasteiger charge is 2.52. The summed E-state index contributed by atoms with van der Waals surface area (Å²) in [4.78, 5) is 3.74. The SMILES string of the molecule is CC1(C)OB(C(=Cc2cccc(F)n2)CO)OC1(C)C. The Labute approximate surface area is 118 Å². The molecule has 1 saturated heterocycles. The zero-order chi connectivity index (χ0) is 15.0. The first kappa shape index (κ1) is 15.2. The van der Waals surface area contributed by atoms with Crippen LogP contribution in [0.25, 0.3) is 6.08 Å². The zero-order valence-corrected chi connectivity index (χ0v) is 12.2. The molecule has 0 unspecified atom stereocenters. The van der Waals surface area contributed by atoms with Crippen LogP contribution in [0.15, 0.2) is 23.7 Å². The lowest BCUT2D eigenvalue weighted by Gasteiger charge is -2.32. The molecule has 0 bridgehead atoms. The number of aliphatic hydroxyl groups excluding tert-OH is 1. The fraction of sp³-hybridized carbons (Fsp3) is 0.500. The Morgan fingerprint density at radius 2 is 1.90 bits per heavy atom. The number of pyridine rings is 1. The quantitative estimate of drug-likeness (QED) is 0.681. The number of rotatable bonds is 3. The summed E-state index contributed by atoms with van der Waals surface area (Å²) in [6.07, 6.45) is 1.59. The Bertz CT molecular complexity index is 515. The van der Waals surface area contributed by atoms with Crippen molar-refractivity contribution in [1.82, 2.24) is 4.98 Å². The van der Waals surface area contributed by atoms with E-state index in [0.717, 1.165) is 0 Å². The third-order valence-electron chi connectivity index (χ3n) is 3.81. The second-order valence-electron chi connectivity index (χ2n) is 5.85. The molecule has 4 nitrogen and oxygen atoms in total. The largest absolute Gasteiger partial charge is 0.492 e. The van der Waals surface area contributed by atoms with E-state index in [1.54, 1.807) is 18.2 Å². The van der Waals surface area contributed by atoms with Crippen molar-refractivity contribution in [3.8, 4) is 0 Å². The minimum atomic E-state index is -0.657. The lowest BCUT2D eigenvalue weighted by atomic mass is 9.78. The van der Waals surface area contributed by atoms with E-state index in [9.17, 15) is 9.50 Å². The van der Waals surface area contributed by atoms with Gasteiger partial charge in [-0.1, -0.05) is 6.07 Å². The van der Waals surface area contributed by atoms with Crippen LogP contribution in [-0.2, 0) is 9.31 Å². The molecule has 6 heteroatoms. The highest BCUT2D eigenvalue weighted by molar-refractivity contribution is 6.55. The molecule has 0 amide bonds. The van der Waals surface area contributed by atoms with Crippen molar-refractivity contribution in [2.24, 2.45) is 0 Å². The van der Waals surface area contributed by atoms with Crippen molar-refractivity contribution in [1.29, 1.82) is 0 Å². The smallest absolute Gasteiger partial charge is 0.400 e. The molecule has 2 rings (SSSR count). The second kappa shape index (κ2) is 5.28. The van der Waals surface area contributed by atoms with E-state index in [2.05, 4.69) is 4.98 Å². The predicted octanol–water partition coefficient (Wildman–Crippen LogP) is 2.23. The lowest BCUT2D eigenvalue weighted by Crippen LogP contribution is -2.41. The molecule has 0 radical (unpaired) electrons. The van der Waals surface area contributed by atoms with Crippen LogP contribution in [-0.4, -0.2) is 35.0 Å². The van der Waals surface area contributed by atoms with Gasteiger partial charge in [-0.2, -0.15) is 4.39 Å². The molecule has 1 aromatic rings. The summed E-state index contributed by atoms with van der Waals surface area (Å²) in [5.41, 5.74) is -0.0340. The van der Waals surface area contributed by atoms with Gasteiger partial charge in [0.25, 0.3) is 0 Å². The highest BCUT2D eigenvalue weighted by Crippen LogP contribution is 2.38. The van der Waals surface area contributed by atoms with Crippen LogP contribution in [0, 0.1) is 5.95 Å². The van der Waals surface area contributed by atoms with Gasteiger partial charge in [-0.05, 0) is 51.4 Å². The fourth-order valence-electron chi connectivity index (χ4n) is 1.88. The number of aliphatic hydroxyl groups is 1. The Hall–Kier alpha value is -1.24. The van der Waals surface area contributed by atoms with Gasteiger partial charge in [0.2, 0.25) is 5.95 Å². The van der Waals surface area contributed by atoms with Crippen molar-refractivity contribution >= 4 is 13.2 Å². The zero-order valence-electron chi connectivity index (χ0n) is 12.2. The molecule has 1 aliphatic heterocycles. The van der Waals surface area contributed by atoms with Gasteiger partial charge in [0, 0.05) is 0 Å². The standard InChI is InChI=1S/C14H19BFNO3/c1-13(2)14(3,4)20-15(19-13)10(9-18)8-11-6-5-7-12(16)17-11/h5-8,18H,9H2,1-4H3. The van der Waals surface area contributed by atoms with Crippen LogP contribution in [0.2, 0.25) is 0 Å². The number of halogens is 1. The van der Waals surface area contributed by atoms with Gasteiger partial charge in [-0.3, -0.25) is 0 Å². The molecule has 1 aliphatic rings. The molecular weight excluding hydrogens is 260 g/mol. The molecule has 0 spiro atoms. The van der Waals surface area contributed by atoms with E-state index in [-0.39, 0.29) is 6.61 Å². The van der Waals surface area contributed by atoms with Gasteiger partial charge < -0.3 is 14.4 Å². The molecule has 0 saturated carbocycles. The molecule has 1 aromatic heterocycles. The van der Waals surface area contributed by atoms with Gasteiger partial charge >= 0.3 is 7.12 Å². The van der Waals surface area contributed by atoms with Gasteiger partial charge in [0.05, 0.1) is 23.5 Å². The summed E-state index contributed by atoms with van der Waals surface area (Å²) >= 11 is 0. The predicted molar refractivity (Wildman–Crippen MR) is 75.3 cm³/mol. The summed E-state index contributed by atoms with van der Waals surface area (Å²) in [6.45, 7) is 7.49. The summed E-state index contributed by atoms with van der Waals surface area (Å²) in [5.74, 6) is -0.565. The number of aromatic nitrogens is 1. The molecule has 0 atom stereocenters. The van der Waals surface area contributed by atoms with Crippen LogP contribution in [0.5, 0.6) is 0 Å². The van der Waals surface area contributed by atoms with Crippen molar-refractivity contribution in [3.63, 3.8) is 0 Å². The van der Waals surface area contributed by atoms with Gasteiger partial charge in [-0.25, -0.2) is 4.98 Å². The molecule has 20 heavy (non-hydrogen) atoms. The average molecular weight is 279 g/mol. The Balaban J connectivity index is 2.26. The molecule has 2 heterocycles. The molecule has 1 fully saturated rings. The Morgan fingerprint density at radius 1 is 1.30 bits per heavy atom. The van der Waals surface area contributed by atoms with Gasteiger partial charge in [0.1, 0.15) is 0 Å². The lowest BCUT2D eigenvalue weighted by molar-refractivity contribution is 0.00578. The molecule has 0 aromatic carbocycles. The maximum absolute atomic E-state index is 13.1. The monoisotopic (exact) mass is 279 g/mol. The van der Waals surface area contributed by atoms with E-state index in [0.29, 0.717) is 11.2 Å².